The molecule has 2 N–H and O–H groups in total. The molecule has 0 amide bonds. The number of aromatic nitrogens is 1. The van der Waals surface area contributed by atoms with Crippen LogP contribution in [0, 0.1) is 6.92 Å². The number of aryl methyl sites for hydroxylation is 1. The highest BCUT2D eigenvalue weighted by Gasteiger charge is 2.46. The first-order valence-electron chi connectivity index (χ1n) is 22.9. The van der Waals surface area contributed by atoms with Crippen LogP contribution >= 0.6 is 0 Å². The lowest BCUT2D eigenvalue weighted by Crippen LogP contribution is -2.28. The Labute approximate surface area is 385 Å². The minimum absolute atomic E-state index is 0.468. The fourth-order valence-electron chi connectivity index (χ4n) is 11.4. The minimum atomic E-state index is -0.468. The standard InChI is InChI=1S/C64H44N2/c1-41-17-15-29-53-50-26-11-12-28-54(50)62(61(41)53)63(65)46-19-16-18-42(37-46)43-32-35-59-55(38-43)56-39-44(33-36-60(56)66(59)49-24-9-4-10-25-49)45-31-34-52-51-27-13-14-30-57(51)64(58(52)40-45,47-20-5-2-6-21-47)48-22-7-3-8-23-48/h2-40H,65H2,1H3/b63-62-. The van der Waals surface area contributed by atoms with Crippen molar-refractivity contribution in [3.63, 3.8) is 0 Å². The fraction of sp³-hybridized carbons (Fsp3) is 0.0312. The smallest absolute Gasteiger partial charge is 0.0713 e. The number of hydrogen-bond acceptors (Lipinski definition) is 1. The van der Waals surface area contributed by atoms with Gasteiger partial charge in [0.25, 0.3) is 0 Å². The van der Waals surface area contributed by atoms with Gasteiger partial charge in [0.1, 0.15) is 0 Å². The van der Waals surface area contributed by atoms with Crippen LogP contribution in [0.5, 0.6) is 0 Å². The second kappa shape index (κ2) is 14.8. The van der Waals surface area contributed by atoms with Crippen molar-refractivity contribution in [1.29, 1.82) is 0 Å². The van der Waals surface area contributed by atoms with Gasteiger partial charge in [-0.05, 0) is 144 Å². The van der Waals surface area contributed by atoms with Crippen molar-refractivity contribution in [1.82, 2.24) is 4.57 Å². The van der Waals surface area contributed by atoms with Gasteiger partial charge in [0.2, 0.25) is 0 Å². The van der Waals surface area contributed by atoms with Gasteiger partial charge < -0.3 is 10.3 Å². The molecule has 13 rings (SSSR count). The largest absolute Gasteiger partial charge is 0.398 e. The third-order valence-corrected chi connectivity index (χ3v) is 14.4. The summed E-state index contributed by atoms with van der Waals surface area (Å²) in [6.07, 6.45) is 0. The van der Waals surface area contributed by atoms with Crippen molar-refractivity contribution in [2.45, 2.75) is 12.3 Å². The molecule has 66 heavy (non-hydrogen) atoms. The summed E-state index contributed by atoms with van der Waals surface area (Å²) in [6.45, 7) is 2.19. The predicted octanol–water partition coefficient (Wildman–Crippen LogP) is 15.6. The normalized spacial score (nSPS) is 13.9. The lowest BCUT2D eigenvalue weighted by atomic mass is 9.67. The molecule has 0 atom stereocenters. The molecule has 310 valence electrons. The van der Waals surface area contributed by atoms with Crippen molar-refractivity contribution < 1.29 is 0 Å². The minimum Gasteiger partial charge on any atom is -0.398 e. The molecular formula is C64H44N2. The summed E-state index contributed by atoms with van der Waals surface area (Å²) in [7, 11) is 0. The number of para-hydroxylation sites is 1. The molecule has 1 aromatic heterocycles. The molecule has 10 aromatic carbocycles. The number of fused-ring (bicyclic) bond motifs is 9. The van der Waals surface area contributed by atoms with Crippen LogP contribution in [0.4, 0.5) is 0 Å². The van der Waals surface area contributed by atoms with Crippen LogP contribution in [0.25, 0.3) is 83.3 Å². The average molecular weight is 841 g/mol. The number of hydrogen-bond donors (Lipinski definition) is 1. The zero-order valence-electron chi connectivity index (χ0n) is 36.5. The van der Waals surface area contributed by atoms with E-state index in [1.165, 1.54) is 94.1 Å². The third-order valence-electron chi connectivity index (χ3n) is 14.4. The van der Waals surface area contributed by atoms with E-state index in [1.54, 1.807) is 0 Å². The van der Waals surface area contributed by atoms with E-state index in [9.17, 15) is 0 Å². The maximum Gasteiger partial charge on any atom is 0.0713 e. The van der Waals surface area contributed by atoms with Crippen LogP contribution in [0.3, 0.4) is 0 Å². The summed E-state index contributed by atoms with van der Waals surface area (Å²) in [6, 6.07) is 86.9. The lowest BCUT2D eigenvalue weighted by molar-refractivity contribution is 0.769. The highest BCUT2D eigenvalue weighted by molar-refractivity contribution is 6.13. The Morgan fingerprint density at radius 3 is 1.59 bits per heavy atom. The van der Waals surface area contributed by atoms with Crippen LogP contribution in [-0.4, -0.2) is 4.57 Å². The van der Waals surface area contributed by atoms with E-state index < -0.39 is 5.41 Å². The SMILES string of the molecule is Cc1cccc2c1/C(=C(\N)c1cccc(-c3ccc4c(c3)c3cc(-c5ccc6c(c5)C(c5ccccc5)(c5ccccc5)c5ccccc5-6)ccc3n4-c3ccccc3)c1)c1ccccc1-2. The molecule has 2 heteroatoms. The summed E-state index contributed by atoms with van der Waals surface area (Å²) < 4.78 is 2.41. The molecule has 0 saturated carbocycles. The summed E-state index contributed by atoms with van der Waals surface area (Å²) in [5.74, 6) is 0. The second-order valence-electron chi connectivity index (χ2n) is 17.8. The summed E-state index contributed by atoms with van der Waals surface area (Å²) in [5, 5.41) is 2.41. The zero-order chi connectivity index (χ0) is 43.9. The molecule has 0 fully saturated rings. The van der Waals surface area contributed by atoms with Crippen LogP contribution in [0.2, 0.25) is 0 Å². The van der Waals surface area contributed by atoms with Gasteiger partial charge in [0.15, 0.2) is 0 Å². The zero-order valence-corrected chi connectivity index (χ0v) is 36.5. The number of nitrogens with zero attached hydrogens (tertiary/aromatic N) is 1. The quantitative estimate of drug-likeness (QED) is 0.178. The maximum atomic E-state index is 7.27. The lowest BCUT2D eigenvalue weighted by Gasteiger charge is -2.34. The second-order valence-corrected chi connectivity index (χ2v) is 17.8. The van der Waals surface area contributed by atoms with Gasteiger partial charge in [0, 0.05) is 27.7 Å². The molecule has 0 saturated heterocycles. The van der Waals surface area contributed by atoms with E-state index in [0.29, 0.717) is 0 Å². The van der Waals surface area contributed by atoms with E-state index >= 15 is 0 Å². The molecule has 2 aliphatic rings. The van der Waals surface area contributed by atoms with Gasteiger partial charge >= 0.3 is 0 Å². The molecule has 2 aliphatic carbocycles. The van der Waals surface area contributed by atoms with Crippen molar-refractivity contribution >= 4 is 33.1 Å². The Morgan fingerprint density at radius 2 is 0.909 bits per heavy atom. The van der Waals surface area contributed by atoms with Crippen molar-refractivity contribution in [3.05, 3.63) is 281 Å². The Morgan fingerprint density at radius 1 is 0.394 bits per heavy atom. The van der Waals surface area contributed by atoms with Gasteiger partial charge in [-0.1, -0.05) is 188 Å². The van der Waals surface area contributed by atoms with Crippen molar-refractivity contribution in [2.24, 2.45) is 5.73 Å². The van der Waals surface area contributed by atoms with Gasteiger partial charge in [-0.25, -0.2) is 0 Å². The summed E-state index contributed by atoms with van der Waals surface area (Å²) in [4.78, 5) is 0. The van der Waals surface area contributed by atoms with Gasteiger partial charge in [-0.3, -0.25) is 0 Å². The Bertz CT molecular complexity index is 3720. The topological polar surface area (TPSA) is 30.9 Å². The molecule has 0 radical (unpaired) electrons. The molecule has 0 unspecified atom stereocenters. The van der Waals surface area contributed by atoms with Gasteiger partial charge in [-0.15, -0.1) is 0 Å². The Hall–Kier alpha value is -8.46. The van der Waals surface area contributed by atoms with Gasteiger partial charge in [-0.2, -0.15) is 0 Å². The molecule has 1 heterocycles. The van der Waals surface area contributed by atoms with E-state index in [2.05, 4.69) is 248 Å². The van der Waals surface area contributed by atoms with E-state index in [0.717, 1.165) is 33.6 Å². The van der Waals surface area contributed by atoms with Crippen molar-refractivity contribution in [2.75, 3.05) is 0 Å². The van der Waals surface area contributed by atoms with E-state index in [1.807, 2.05) is 0 Å². The maximum absolute atomic E-state index is 7.27. The fourth-order valence-corrected chi connectivity index (χ4v) is 11.4. The van der Waals surface area contributed by atoms with Gasteiger partial charge in [0.05, 0.1) is 16.4 Å². The Kier molecular flexibility index (Phi) is 8.53. The Balaban J connectivity index is 0.986. The number of rotatable bonds is 6. The first-order valence-corrected chi connectivity index (χ1v) is 22.9. The molecule has 0 bridgehead atoms. The average Bonchev–Trinajstić information content (AvgIpc) is 4.01. The number of nitrogens with two attached hydrogens (primary N) is 1. The summed E-state index contributed by atoms with van der Waals surface area (Å²) >= 11 is 0. The van der Waals surface area contributed by atoms with Crippen LogP contribution in [0.1, 0.15) is 44.5 Å². The first-order chi connectivity index (χ1) is 32.6. The molecule has 2 nitrogen and oxygen atoms in total. The van der Waals surface area contributed by atoms with Crippen LogP contribution in [-0.2, 0) is 5.41 Å². The molecule has 0 spiro atoms. The van der Waals surface area contributed by atoms with Crippen LogP contribution in [0.15, 0.2) is 237 Å². The van der Waals surface area contributed by atoms with Crippen molar-refractivity contribution in [3.8, 4) is 50.2 Å². The molecule has 11 aromatic rings. The first kappa shape index (κ1) is 38.0. The third kappa shape index (κ3) is 5.55. The van der Waals surface area contributed by atoms with E-state index in [-0.39, 0.29) is 0 Å². The van der Waals surface area contributed by atoms with Crippen LogP contribution < -0.4 is 5.73 Å². The highest BCUT2D eigenvalue weighted by Crippen LogP contribution is 2.57. The van der Waals surface area contributed by atoms with E-state index in [4.69, 9.17) is 5.73 Å². The predicted molar refractivity (Wildman–Crippen MR) is 276 cm³/mol. The molecule has 0 aliphatic heterocycles. The number of benzene rings is 10. The summed E-state index contributed by atoms with van der Waals surface area (Å²) in [5.41, 5.74) is 31.7. The molecular weight excluding hydrogens is 797 g/mol. The highest BCUT2D eigenvalue weighted by atomic mass is 15.0. The monoisotopic (exact) mass is 840 g/mol.